The molecule has 1 atom stereocenters. The van der Waals surface area contributed by atoms with E-state index in [0.29, 0.717) is 0 Å². The van der Waals surface area contributed by atoms with E-state index in [1.807, 2.05) is 6.07 Å². The van der Waals surface area contributed by atoms with Crippen molar-refractivity contribution in [3.05, 3.63) is 12.4 Å². The topological polar surface area (TPSA) is 62.3 Å². The summed E-state index contributed by atoms with van der Waals surface area (Å²) in [4.78, 5) is 10.9. The van der Waals surface area contributed by atoms with Crippen LogP contribution in [0, 0.1) is 0 Å². The Morgan fingerprint density at radius 3 is 3.05 bits per heavy atom. The van der Waals surface area contributed by atoms with E-state index in [0.717, 1.165) is 51.0 Å². The van der Waals surface area contributed by atoms with Gasteiger partial charge < -0.3 is 20.3 Å². The highest BCUT2D eigenvalue weighted by Gasteiger charge is 2.15. The molecule has 0 spiro atoms. The molecule has 1 aromatic heterocycles. The van der Waals surface area contributed by atoms with Gasteiger partial charge in [0.2, 0.25) is 0 Å². The number of ether oxygens (including phenoxy) is 1. The van der Waals surface area contributed by atoms with Crippen molar-refractivity contribution in [1.82, 2.24) is 15.3 Å². The second-order valence-electron chi connectivity index (χ2n) is 5.03. The first-order valence-corrected chi connectivity index (χ1v) is 7.05. The molecule has 2 aliphatic heterocycles. The molecular weight excluding hydrogens is 242 g/mol. The fourth-order valence-corrected chi connectivity index (χ4v) is 2.53. The maximum atomic E-state index is 5.65. The Morgan fingerprint density at radius 2 is 2.26 bits per heavy atom. The van der Waals surface area contributed by atoms with E-state index in [4.69, 9.17) is 4.74 Å². The smallest absolute Gasteiger partial charge is 0.134 e. The predicted molar refractivity (Wildman–Crippen MR) is 74.6 cm³/mol. The minimum atomic E-state index is 0.221. The molecule has 0 bridgehead atoms. The fourth-order valence-electron chi connectivity index (χ4n) is 2.53. The average molecular weight is 263 g/mol. The van der Waals surface area contributed by atoms with Crippen LogP contribution in [0.3, 0.4) is 0 Å². The van der Waals surface area contributed by atoms with Crippen molar-refractivity contribution in [2.75, 3.05) is 49.5 Å². The minimum absolute atomic E-state index is 0.221. The summed E-state index contributed by atoms with van der Waals surface area (Å²) in [6, 6.07) is 2.03. The van der Waals surface area contributed by atoms with Crippen LogP contribution in [0.15, 0.2) is 12.4 Å². The Bertz CT molecular complexity index is 402. The fraction of sp³-hybridized carbons (Fsp3) is 0.692. The SMILES string of the molecule is c1nc(NCC2CNCCO2)cc(N2CCCC2)n1. The molecule has 19 heavy (non-hydrogen) atoms. The quantitative estimate of drug-likeness (QED) is 0.824. The van der Waals surface area contributed by atoms with Crippen LogP contribution in [0.4, 0.5) is 11.6 Å². The van der Waals surface area contributed by atoms with Gasteiger partial charge in [-0.15, -0.1) is 0 Å². The molecule has 0 radical (unpaired) electrons. The third-order valence-corrected chi connectivity index (χ3v) is 3.60. The first-order valence-electron chi connectivity index (χ1n) is 7.05. The average Bonchev–Trinajstić information content (AvgIpc) is 3.01. The molecule has 0 amide bonds. The number of morpholine rings is 1. The molecule has 6 nitrogen and oxygen atoms in total. The van der Waals surface area contributed by atoms with E-state index in [9.17, 15) is 0 Å². The van der Waals surface area contributed by atoms with E-state index in [-0.39, 0.29) is 6.10 Å². The van der Waals surface area contributed by atoms with Gasteiger partial charge in [0.1, 0.15) is 18.0 Å². The summed E-state index contributed by atoms with van der Waals surface area (Å²) in [5, 5.41) is 6.66. The highest BCUT2D eigenvalue weighted by molar-refractivity contribution is 5.48. The molecule has 6 heteroatoms. The predicted octanol–water partition coefficient (Wildman–Crippen LogP) is 0.477. The van der Waals surface area contributed by atoms with Crippen LogP contribution >= 0.6 is 0 Å². The van der Waals surface area contributed by atoms with E-state index in [1.54, 1.807) is 6.33 Å². The van der Waals surface area contributed by atoms with Crippen LogP contribution < -0.4 is 15.5 Å². The lowest BCUT2D eigenvalue weighted by molar-refractivity contribution is 0.0372. The van der Waals surface area contributed by atoms with Crippen LogP contribution in [-0.2, 0) is 4.74 Å². The number of aromatic nitrogens is 2. The van der Waals surface area contributed by atoms with E-state index < -0.39 is 0 Å². The minimum Gasteiger partial charge on any atom is -0.374 e. The zero-order valence-corrected chi connectivity index (χ0v) is 11.1. The van der Waals surface area contributed by atoms with Crippen molar-refractivity contribution in [1.29, 1.82) is 0 Å². The molecule has 0 aliphatic carbocycles. The van der Waals surface area contributed by atoms with Crippen molar-refractivity contribution >= 4 is 11.6 Å². The summed E-state index contributed by atoms with van der Waals surface area (Å²) in [5.74, 6) is 1.91. The van der Waals surface area contributed by atoms with Gasteiger partial charge in [0.05, 0.1) is 12.7 Å². The zero-order valence-electron chi connectivity index (χ0n) is 11.1. The molecule has 3 heterocycles. The number of hydrogen-bond acceptors (Lipinski definition) is 6. The molecule has 3 rings (SSSR count). The molecule has 2 fully saturated rings. The van der Waals surface area contributed by atoms with Gasteiger partial charge in [0.15, 0.2) is 0 Å². The molecule has 0 aromatic carbocycles. The molecular formula is C13H21N5O. The highest BCUT2D eigenvalue weighted by Crippen LogP contribution is 2.19. The molecule has 1 unspecified atom stereocenters. The second-order valence-corrected chi connectivity index (χ2v) is 5.03. The lowest BCUT2D eigenvalue weighted by Gasteiger charge is -2.24. The van der Waals surface area contributed by atoms with Crippen molar-refractivity contribution < 1.29 is 4.74 Å². The maximum absolute atomic E-state index is 5.65. The van der Waals surface area contributed by atoms with Gasteiger partial charge >= 0.3 is 0 Å². The summed E-state index contributed by atoms with van der Waals surface area (Å²) in [7, 11) is 0. The Morgan fingerprint density at radius 1 is 1.37 bits per heavy atom. The number of rotatable bonds is 4. The lowest BCUT2D eigenvalue weighted by Crippen LogP contribution is -2.42. The van der Waals surface area contributed by atoms with Crippen LogP contribution in [0.1, 0.15) is 12.8 Å². The number of anilines is 2. The zero-order chi connectivity index (χ0) is 12.9. The lowest BCUT2D eigenvalue weighted by atomic mass is 10.3. The third kappa shape index (κ3) is 3.33. The van der Waals surface area contributed by atoms with Crippen LogP contribution in [-0.4, -0.2) is 55.4 Å². The van der Waals surface area contributed by atoms with Gasteiger partial charge in [-0.3, -0.25) is 0 Å². The Kier molecular flexibility index (Phi) is 4.10. The number of nitrogens with one attached hydrogen (secondary N) is 2. The van der Waals surface area contributed by atoms with Crippen molar-refractivity contribution in [3.63, 3.8) is 0 Å². The van der Waals surface area contributed by atoms with E-state index in [2.05, 4.69) is 25.5 Å². The normalized spacial score (nSPS) is 23.6. The van der Waals surface area contributed by atoms with Crippen molar-refractivity contribution in [3.8, 4) is 0 Å². The van der Waals surface area contributed by atoms with Gasteiger partial charge in [0.25, 0.3) is 0 Å². The summed E-state index contributed by atoms with van der Waals surface area (Å²) >= 11 is 0. The number of nitrogens with zero attached hydrogens (tertiary/aromatic N) is 3. The van der Waals surface area contributed by atoms with Gasteiger partial charge in [-0.25, -0.2) is 9.97 Å². The van der Waals surface area contributed by atoms with Gasteiger partial charge in [-0.2, -0.15) is 0 Å². The molecule has 0 saturated carbocycles. The van der Waals surface area contributed by atoms with Crippen LogP contribution in [0.5, 0.6) is 0 Å². The first-order chi connectivity index (χ1) is 9.42. The van der Waals surface area contributed by atoms with Gasteiger partial charge in [-0.05, 0) is 12.8 Å². The third-order valence-electron chi connectivity index (χ3n) is 3.60. The maximum Gasteiger partial charge on any atom is 0.134 e. The Labute approximate surface area is 113 Å². The molecule has 2 aliphatic rings. The van der Waals surface area contributed by atoms with E-state index >= 15 is 0 Å². The summed E-state index contributed by atoms with van der Waals surface area (Å²) in [6.45, 7) is 5.62. The number of hydrogen-bond donors (Lipinski definition) is 2. The van der Waals surface area contributed by atoms with Gasteiger partial charge in [0, 0.05) is 38.8 Å². The standard InChI is InChI=1S/C13H21N5O/c1-2-5-18(4-1)13-7-12(16-10-17-13)15-9-11-8-14-3-6-19-11/h7,10-11,14H,1-6,8-9H2,(H,15,16,17). The molecule has 2 saturated heterocycles. The van der Waals surface area contributed by atoms with Crippen LogP contribution in [0.25, 0.3) is 0 Å². The molecule has 104 valence electrons. The first kappa shape index (κ1) is 12.6. The molecule has 2 N–H and O–H groups in total. The summed E-state index contributed by atoms with van der Waals surface area (Å²) in [6.07, 6.45) is 4.37. The highest BCUT2D eigenvalue weighted by atomic mass is 16.5. The van der Waals surface area contributed by atoms with Gasteiger partial charge in [-0.1, -0.05) is 0 Å². The van der Waals surface area contributed by atoms with Crippen molar-refractivity contribution in [2.45, 2.75) is 18.9 Å². The second kappa shape index (κ2) is 6.16. The Balaban J connectivity index is 1.56. The summed E-state index contributed by atoms with van der Waals surface area (Å²) < 4.78 is 5.65. The monoisotopic (exact) mass is 263 g/mol. The van der Waals surface area contributed by atoms with Crippen molar-refractivity contribution in [2.24, 2.45) is 0 Å². The van der Waals surface area contributed by atoms with E-state index in [1.165, 1.54) is 12.8 Å². The summed E-state index contributed by atoms with van der Waals surface area (Å²) in [5.41, 5.74) is 0. The van der Waals surface area contributed by atoms with Crippen LogP contribution in [0.2, 0.25) is 0 Å². The molecule has 1 aromatic rings. The Hall–Kier alpha value is -1.40. The largest absolute Gasteiger partial charge is 0.374 e.